The lowest BCUT2D eigenvalue weighted by atomic mass is 9.79. The van der Waals surface area contributed by atoms with Crippen LogP contribution in [0.5, 0.6) is 5.75 Å². The zero-order chi connectivity index (χ0) is 16.3. The number of nitrogens with one attached hydrogen (secondary N) is 1. The van der Waals surface area contributed by atoms with Crippen LogP contribution in [0.1, 0.15) is 37.7 Å². The normalized spacial score (nSPS) is 21.3. The molecular formula is C17H25N3O3. The van der Waals surface area contributed by atoms with E-state index in [1.165, 1.54) is 38.2 Å². The van der Waals surface area contributed by atoms with E-state index in [2.05, 4.69) is 10.2 Å². The topological polar surface area (TPSA) is 67.6 Å². The second-order valence-corrected chi connectivity index (χ2v) is 6.64. The van der Waals surface area contributed by atoms with Crippen LogP contribution in [0.2, 0.25) is 0 Å². The first kappa shape index (κ1) is 16.2. The third-order valence-corrected chi connectivity index (χ3v) is 5.30. The molecule has 2 aliphatic rings. The summed E-state index contributed by atoms with van der Waals surface area (Å²) in [6, 6.07) is 4.89. The Labute approximate surface area is 137 Å². The quantitative estimate of drug-likeness (QED) is 0.683. The molecule has 0 amide bonds. The van der Waals surface area contributed by atoms with Crippen LogP contribution >= 0.6 is 0 Å². The van der Waals surface area contributed by atoms with Gasteiger partial charge in [0.1, 0.15) is 5.75 Å². The van der Waals surface area contributed by atoms with Gasteiger partial charge in [-0.25, -0.2) is 0 Å². The molecular weight excluding hydrogens is 294 g/mol. The van der Waals surface area contributed by atoms with E-state index in [-0.39, 0.29) is 16.1 Å². The van der Waals surface area contributed by atoms with E-state index >= 15 is 0 Å². The number of methoxy groups -OCH3 is 1. The van der Waals surface area contributed by atoms with Gasteiger partial charge in [0.15, 0.2) is 0 Å². The fourth-order valence-corrected chi connectivity index (χ4v) is 4.04. The van der Waals surface area contributed by atoms with Crippen molar-refractivity contribution in [3.8, 4) is 5.75 Å². The molecule has 23 heavy (non-hydrogen) atoms. The van der Waals surface area contributed by atoms with Crippen LogP contribution in [0.4, 0.5) is 5.69 Å². The fourth-order valence-electron chi connectivity index (χ4n) is 4.04. The number of ether oxygens (including phenoxy) is 1. The Morgan fingerprint density at radius 1 is 1.35 bits per heavy atom. The Morgan fingerprint density at radius 3 is 2.83 bits per heavy atom. The number of nitro groups is 1. The fraction of sp³-hybridized carbons (Fsp3) is 0.647. The minimum atomic E-state index is -0.336. The van der Waals surface area contributed by atoms with E-state index < -0.39 is 0 Å². The van der Waals surface area contributed by atoms with E-state index in [0.717, 1.165) is 30.9 Å². The van der Waals surface area contributed by atoms with Crippen LogP contribution in [-0.4, -0.2) is 42.1 Å². The standard InChI is InChI=1S/C17H25N3O3/c1-23-16-6-5-15(20(21)22)11-14(16)12-19-10-9-18-13-17(19)7-3-2-4-8-17/h5-6,11,18H,2-4,7-10,12-13H2,1H3. The Morgan fingerprint density at radius 2 is 2.13 bits per heavy atom. The predicted molar refractivity (Wildman–Crippen MR) is 88.7 cm³/mol. The van der Waals surface area contributed by atoms with Gasteiger partial charge in [-0.1, -0.05) is 19.3 Å². The Balaban J connectivity index is 1.86. The van der Waals surface area contributed by atoms with Gasteiger partial charge >= 0.3 is 0 Å². The lowest BCUT2D eigenvalue weighted by molar-refractivity contribution is -0.385. The molecule has 1 aliphatic carbocycles. The van der Waals surface area contributed by atoms with Crippen molar-refractivity contribution in [2.45, 2.75) is 44.2 Å². The second kappa shape index (κ2) is 6.84. The minimum Gasteiger partial charge on any atom is -0.496 e. The van der Waals surface area contributed by atoms with Gasteiger partial charge in [0.25, 0.3) is 5.69 Å². The van der Waals surface area contributed by atoms with E-state index in [1.807, 2.05) is 0 Å². The number of hydrogen-bond acceptors (Lipinski definition) is 5. The molecule has 1 spiro atoms. The zero-order valence-electron chi connectivity index (χ0n) is 13.7. The molecule has 1 N–H and O–H groups in total. The third kappa shape index (κ3) is 3.33. The smallest absolute Gasteiger partial charge is 0.270 e. The molecule has 1 aliphatic heterocycles. The summed E-state index contributed by atoms with van der Waals surface area (Å²) >= 11 is 0. The molecule has 126 valence electrons. The lowest BCUT2D eigenvalue weighted by Gasteiger charge is -2.50. The SMILES string of the molecule is COc1ccc([N+](=O)[O-])cc1CN1CCNCC12CCCCC2. The molecule has 6 heteroatoms. The van der Waals surface area contributed by atoms with Gasteiger partial charge in [0, 0.05) is 49.4 Å². The van der Waals surface area contributed by atoms with Crippen LogP contribution < -0.4 is 10.1 Å². The number of piperazine rings is 1. The molecule has 0 bridgehead atoms. The zero-order valence-corrected chi connectivity index (χ0v) is 13.7. The van der Waals surface area contributed by atoms with Crippen molar-refractivity contribution in [2.24, 2.45) is 0 Å². The highest BCUT2D eigenvalue weighted by Gasteiger charge is 2.39. The summed E-state index contributed by atoms with van der Waals surface area (Å²) < 4.78 is 5.43. The van der Waals surface area contributed by atoms with Crippen molar-refractivity contribution in [1.29, 1.82) is 0 Å². The largest absolute Gasteiger partial charge is 0.496 e. The average Bonchev–Trinajstić information content (AvgIpc) is 2.58. The number of rotatable bonds is 4. The van der Waals surface area contributed by atoms with E-state index in [0.29, 0.717) is 6.54 Å². The Kier molecular flexibility index (Phi) is 4.82. The third-order valence-electron chi connectivity index (χ3n) is 5.30. The van der Waals surface area contributed by atoms with Crippen LogP contribution in [0, 0.1) is 10.1 Å². The van der Waals surface area contributed by atoms with E-state index in [9.17, 15) is 10.1 Å². The number of non-ortho nitro benzene ring substituents is 1. The maximum Gasteiger partial charge on any atom is 0.270 e. The summed E-state index contributed by atoms with van der Waals surface area (Å²) in [5.41, 5.74) is 1.24. The van der Waals surface area contributed by atoms with Gasteiger partial charge in [-0.05, 0) is 18.9 Å². The van der Waals surface area contributed by atoms with E-state index in [4.69, 9.17) is 4.74 Å². The van der Waals surface area contributed by atoms with Crippen LogP contribution in [0.3, 0.4) is 0 Å². The maximum absolute atomic E-state index is 11.1. The highest BCUT2D eigenvalue weighted by atomic mass is 16.6. The van der Waals surface area contributed by atoms with Gasteiger partial charge in [-0.15, -0.1) is 0 Å². The van der Waals surface area contributed by atoms with Crippen molar-refractivity contribution in [3.05, 3.63) is 33.9 Å². The van der Waals surface area contributed by atoms with Crippen molar-refractivity contribution < 1.29 is 9.66 Å². The Hall–Kier alpha value is -1.66. The van der Waals surface area contributed by atoms with Crippen molar-refractivity contribution in [3.63, 3.8) is 0 Å². The first-order valence-corrected chi connectivity index (χ1v) is 8.42. The molecule has 0 unspecified atom stereocenters. The summed E-state index contributed by atoms with van der Waals surface area (Å²) in [5, 5.41) is 14.6. The molecule has 0 aromatic heterocycles. The lowest BCUT2D eigenvalue weighted by Crippen LogP contribution is -2.61. The number of hydrogen-bond donors (Lipinski definition) is 1. The summed E-state index contributed by atoms with van der Waals surface area (Å²) in [7, 11) is 1.62. The second-order valence-electron chi connectivity index (χ2n) is 6.64. The molecule has 1 aromatic carbocycles. The summed E-state index contributed by atoms with van der Waals surface area (Å²) in [6.07, 6.45) is 6.26. The molecule has 3 rings (SSSR count). The molecule has 1 saturated heterocycles. The number of benzene rings is 1. The predicted octanol–water partition coefficient (Wildman–Crippen LogP) is 2.71. The van der Waals surface area contributed by atoms with Crippen molar-refractivity contribution in [2.75, 3.05) is 26.7 Å². The summed E-state index contributed by atoms with van der Waals surface area (Å²) in [6.45, 7) is 3.68. The van der Waals surface area contributed by atoms with Gasteiger partial charge in [0.2, 0.25) is 0 Å². The maximum atomic E-state index is 11.1. The van der Waals surface area contributed by atoms with Crippen LogP contribution in [0.15, 0.2) is 18.2 Å². The molecule has 0 radical (unpaired) electrons. The van der Waals surface area contributed by atoms with Gasteiger partial charge < -0.3 is 10.1 Å². The van der Waals surface area contributed by atoms with Crippen molar-refractivity contribution >= 4 is 5.69 Å². The highest BCUT2D eigenvalue weighted by Crippen LogP contribution is 2.37. The minimum absolute atomic E-state index is 0.133. The first-order chi connectivity index (χ1) is 11.1. The molecule has 1 saturated carbocycles. The molecule has 1 heterocycles. The van der Waals surface area contributed by atoms with Gasteiger partial charge in [-0.2, -0.15) is 0 Å². The number of nitro benzene ring substituents is 1. The molecule has 0 atom stereocenters. The van der Waals surface area contributed by atoms with Crippen molar-refractivity contribution in [1.82, 2.24) is 10.2 Å². The monoisotopic (exact) mass is 319 g/mol. The summed E-state index contributed by atoms with van der Waals surface area (Å²) in [4.78, 5) is 13.3. The highest BCUT2D eigenvalue weighted by molar-refractivity contribution is 5.44. The molecule has 1 aromatic rings. The first-order valence-electron chi connectivity index (χ1n) is 8.42. The van der Waals surface area contributed by atoms with Crippen LogP contribution in [-0.2, 0) is 6.54 Å². The molecule has 2 fully saturated rings. The Bertz CT molecular complexity index is 562. The van der Waals surface area contributed by atoms with Gasteiger partial charge in [0.05, 0.1) is 12.0 Å². The van der Waals surface area contributed by atoms with Gasteiger partial charge in [-0.3, -0.25) is 15.0 Å². The van der Waals surface area contributed by atoms with E-state index in [1.54, 1.807) is 19.2 Å². The molecule has 6 nitrogen and oxygen atoms in total. The van der Waals surface area contributed by atoms with Crippen LogP contribution in [0.25, 0.3) is 0 Å². The number of nitrogens with zero attached hydrogens (tertiary/aromatic N) is 2. The average molecular weight is 319 g/mol. The summed E-state index contributed by atoms with van der Waals surface area (Å²) in [5.74, 6) is 0.736.